The predicted molar refractivity (Wildman–Crippen MR) is 65.1 cm³/mol. The minimum Gasteiger partial charge on any atom is -0.490 e. The van der Waals surface area contributed by atoms with Gasteiger partial charge in [0.25, 0.3) is 0 Å². The maximum absolute atomic E-state index is 10.7. The molecule has 1 aromatic rings. The molecule has 0 unspecified atom stereocenters. The van der Waals surface area contributed by atoms with Crippen LogP contribution in [0.25, 0.3) is 0 Å². The lowest BCUT2D eigenvalue weighted by Crippen LogP contribution is -2.41. The first-order chi connectivity index (χ1) is 8.69. The molecule has 1 heterocycles. The van der Waals surface area contributed by atoms with Crippen LogP contribution in [0.2, 0.25) is 0 Å². The standard InChI is InChI=1S/C13H15NO4/c15-9-10-2-1-3-12(8-10)18-11-4-6-14(7-5-11)13(16)17/h1-3,8-9,11H,4-7H2,(H,16,17). The van der Waals surface area contributed by atoms with Crippen LogP contribution in [0, 0.1) is 0 Å². The van der Waals surface area contributed by atoms with Crippen LogP contribution in [0.1, 0.15) is 23.2 Å². The number of piperidine rings is 1. The van der Waals surface area contributed by atoms with E-state index in [2.05, 4.69) is 0 Å². The number of aldehydes is 1. The van der Waals surface area contributed by atoms with Crippen LogP contribution in [-0.4, -0.2) is 41.6 Å². The van der Waals surface area contributed by atoms with E-state index in [0.717, 1.165) is 6.29 Å². The number of hydrogen-bond donors (Lipinski definition) is 1. The lowest BCUT2D eigenvalue weighted by molar-refractivity contribution is 0.0892. The van der Waals surface area contributed by atoms with Crippen molar-refractivity contribution in [3.05, 3.63) is 29.8 Å². The highest BCUT2D eigenvalue weighted by Crippen LogP contribution is 2.19. The molecule has 0 atom stereocenters. The lowest BCUT2D eigenvalue weighted by Gasteiger charge is -2.30. The Morgan fingerprint density at radius 3 is 2.72 bits per heavy atom. The van der Waals surface area contributed by atoms with Gasteiger partial charge in [0.15, 0.2) is 0 Å². The monoisotopic (exact) mass is 249 g/mol. The molecule has 0 spiro atoms. The second-order valence-corrected chi connectivity index (χ2v) is 4.28. The van der Waals surface area contributed by atoms with Gasteiger partial charge < -0.3 is 14.7 Å². The Bertz CT molecular complexity index is 438. The Morgan fingerprint density at radius 2 is 2.11 bits per heavy atom. The van der Waals surface area contributed by atoms with E-state index in [9.17, 15) is 9.59 Å². The van der Waals surface area contributed by atoms with E-state index in [1.807, 2.05) is 0 Å². The molecule has 1 aromatic carbocycles. The molecule has 18 heavy (non-hydrogen) atoms. The first-order valence-electron chi connectivity index (χ1n) is 5.89. The van der Waals surface area contributed by atoms with Crippen molar-refractivity contribution in [1.82, 2.24) is 4.90 Å². The van der Waals surface area contributed by atoms with Crippen molar-refractivity contribution < 1.29 is 19.4 Å². The van der Waals surface area contributed by atoms with Crippen molar-refractivity contribution in [2.45, 2.75) is 18.9 Å². The number of ether oxygens (including phenoxy) is 1. The number of carbonyl (C=O) groups is 2. The number of carbonyl (C=O) groups excluding carboxylic acids is 1. The van der Waals surface area contributed by atoms with Gasteiger partial charge in [0.1, 0.15) is 18.1 Å². The van der Waals surface area contributed by atoms with Crippen LogP contribution in [0.4, 0.5) is 4.79 Å². The topological polar surface area (TPSA) is 66.8 Å². The molecule has 1 aliphatic rings. The lowest BCUT2D eigenvalue weighted by atomic mass is 10.1. The summed E-state index contributed by atoms with van der Waals surface area (Å²) in [5.74, 6) is 0.661. The Kier molecular flexibility index (Phi) is 3.82. The van der Waals surface area contributed by atoms with Gasteiger partial charge in [-0.2, -0.15) is 0 Å². The number of hydrogen-bond acceptors (Lipinski definition) is 3. The molecule has 0 saturated carbocycles. The highest BCUT2D eigenvalue weighted by Gasteiger charge is 2.23. The number of carboxylic acid groups (broad SMARTS) is 1. The van der Waals surface area contributed by atoms with E-state index in [-0.39, 0.29) is 6.10 Å². The SMILES string of the molecule is O=Cc1cccc(OC2CCN(C(=O)O)CC2)c1. The maximum Gasteiger partial charge on any atom is 0.407 e. The highest BCUT2D eigenvalue weighted by molar-refractivity contribution is 5.75. The zero-order chi connectivity index (χ0) is 13.0. The fraction of sp³-hybridized carbons (Fsp3) is 0.385. The van der Waals surface area contributed by atoms with Gasteiger partial charge in [0.05, 0.1) is 0 Å². The molecule has 1 amide bonds. The quantitative estimate of drug-likeness (QED) is 0.832. The summed E-state index contributed by atoms with van der Waals surface area (Å²) in [5, 5.41) is 8.83. The molecule has 1 fully saturated rings. The second kappa shape index (κ2) is 5.53. The van der Waals surface area contributed by atoms with E-state index < -0.39 is 6.09 Å². The van der Waals surface area contributed by atoms with Crippen molar-refractivity contribution in [1.29, 1.82) is 0 Å². The third kappa shape index (κ3) is 3.00. The van der Waals surface area contributed by atoms with E-state index in [1.165, 1.54) is 4.90 Å². The average Bonchev–Trinajstić information content (AvgIpc) is 2.39. The van der Waals surface area contributed by atoms with Crippen molar-refractivity contribution in [3.63, 3.8) is 0 Å². The first-order valence-corrected chi connectivity index (χ1v) is 5.89. The molecule has 1 N–H and O–H groups in total. The van der Waals surface area contributed by atoms with Gasteiger partial charge in [-0.3, -0.25) is 4.79 Å². The van der Waals surface area contributed by atoms with Gasteiger partial charge >= 0.3 is 6.09 Å². The molecule has 5 heteroatoms. The molecule has 0 radical (unpaired) electrons. The summed E-state index contributed by atoms with van der Waals surface area (Å²) in [6, 6.07) is 6.98. The van der Waals surface area contributed by atoms with Crippen LogP contribution >= 0.6 is 0 Å². The summed E-state index contributed by atoms with van der Waals surface area (Å²) < 4.78 is 5.75. The minimum absolute atomic E-state index is 0.0162. The van der Waals surface area contributed by atoms with E-state index in [4.69, 9.17) is 9.84 Å². The highest BCUT2D eigenvalue weighted by atomic mass is 16.5. The fourth-order valence-corrected chi connectivity index (χ4v) is 2.02. The van der Waals surface area contributed by atoms with Gasteiger partial charge in [0.2, 0.25) is 0 Å². The molecule has 1 aliphatic heterocycles. The summed E-state index contributed by atoms with van der Waals surface area (Å²) in [4.78, 5) is 22.8. The molecular formula is C13H15NO4. The number of benzene rings is 1. The second-order valence-electron chi connectivity index (χ2n) is 4.28. The van der Waals surface area contributed by atoms with Crippen LogP contribution in [0.15, 0.2) is 24.3 Å². The number of nitrogens with zero attached hydrogens (tertiary/aromatic N) is 1. The van der Waals surface area contributed by atoms with Gasteiger partial charge in [-0.05, 0) is 12.1 Å². The molecule has 5 nitrogen and oxygen atoms in total. The zero-order valence-electron chi connectivity index (χ0n) is 9.91. The minimum atomic E-state index is -0.878. The van der Waals surface area contributed by atoms with Crippen molar-refractivity contribution in [3.8, 4) is 5.75 Å². The Balaban J connectivity index is 1.91. The predicted octanol–water partition coefficient (Wildman–Crippen LogP) is 2.02. The van der Waals surface area contributed by atoms with Crippen LogP contribution in [0.3, 0.4) is 0 Å². The Morgan fingerprint density at radius 1 is 1.39 bits per heavy atom. The molecule has 2 rings (SSSR count). The molecule has 0 bridgehead atoms. The molecule has 1 saturated heterocycles. The van der Waals surface area contributed by atoms with Gasteiger partial charge in [-0.25, -0.2) is 4.79 Å². The number of rotatable bonds is 3. The summed E-state index contributed by atoms with van der Waals surface area (Å²) in [6.07, 6.45) is 1.27. The fourth-order valence-electron chi connectivity index (χ4n) is 2.02. The smallest absolute Gasteiger partial charge is 0.407 e. The number of amides is 1. The first kappa shape index (κ1) is 12.4. The van der Waals surface area contributed by atoms with Crippen molar-refractivity contribution >= 4 is 12.4 Å². The largest absolute Gasteiger partial charge is 0.490 e. The van der Waals surface area contributed by atoms with Crippen molar-refractivity contribution in [2.75, 3.05) is 13.1 Å². The van der Waals surface area contributed by atoms with Gasteiger partial charge in [0, 0.05) is 31.5 Å². The summed E-state index contributed by atoms with van der Waals surface area (Å²) in [7, 11) is 0. The van der Waals surface area contributed by atoms with Gasteiger partial charge in [-0.1, -0.05) is 12.1 Å². The van der Waals surface area contributed by atoms with E-state index in [0.29, 0.717) is 37.2 Å². The third-order valence-corrected chi connectivity index (χ3v) is 3.01. The molecule has 0 aromatic heterocycles. The molecule has 0 aliphatic carbocycles. The normalized spacial score (nSPS) is 16.3. The van der Waals surface area contributed by atoms with E-state index >= 15 is 0 Å². The van der Waals surface area contributed by atoms with Crippen LogP contribution in [-0.2, 0) is 0 Å². The summed E-state index contributed by atoms with van der Waals surface area (Å²) >= 11 is 0. The Labute approximate surface area is 105 Å². The Hall–Kier alpha value is -2.04. The summed E-state index contributed by atoms with van der Waals surface area (Å²) in [5.41, 5.74) is 0.579. The van der Waals surface area contributed by atoms with Crippen molar-refractivity contribution in [2.24, 2.45) is 0 Å². The van der Waals surface area contributed by atoms with E-state index in [1.54, 1.807) is 24.3 Å². The average molecular weight is 249 g/mol. The van der Waals surface area contributed by atoms with Gasteiger partial charge in [-0.15, -0.1) is 0 Å². The summed E-state index contributed by atoms with van der Waals surface area (Å²) in [6.45, 7) is 0.987. The zero-order valence-corrected chi connectivity index (χ0v) is 9.91. The van der Waals surface area contributed by atoms with Crippen LogP contribution in [0.5, 0.6) is 5.75 Å². The molecule has 96 valence electrons. The molecular weight excluding hydrogens is 234 g/mol. The maximum atomic E-state index is 10.7. The third-order valence-electron chi connectivity index (χ3n) is 3.01. The van der Waals surface area contributed by atoms with Crippen LogP contribution < -0.4 is 4.74 Å². The number of likely N-dealkylation sites (tertiary alicyclic amines) is 1.